The molecule has 2 rings (SSSR count). The number of esters is 1. The first-order chi connectivity index (χ1) is 10.1. The van der Waals surface area contributed by atoms with Crippen molar-refractivity contribution in [1.82, 2.24) is 4.98 Å². The first-order valence-corrected chi connectivity index (χ1v) is 7.51. The second kappa shape index (κ2) is 7.22. The third-order valence-electron chi connectivity index (χ3n) is 2.94. The van der Waals surface area contributed by atoms with E-state index >= 15 is 0 Å². The molecule has 0 radical (unpaired) electrons. The maximum absolute atomic E-state index is 11.6. The van der Waals surface area contributed by atoms with Crippen LogP contribution >= 0.6 is 15.9 Å². The van der Waals surface area contributed by atoms with Crippen LogP contribution in [0.4, 0.5) is 5.69 Å². The molecule has 0 aliphatic heterocycles. The average Bonchev–Trinajstić information content (AvgIpc) is 2.48. The lowest BCUT2D eigenvalue weighted by Gasteiger charge is -2.10. The van der Waals surface area contributed by atoms with E-state index in [0.29, 0.717) is 18.7 Å². The minimum absolute atomic E-state index is 0.313. The summed E-state index contributed by atoms with van der Waals surface area (Å²) in [5, 5.41) is 3.31. The Morgan fingerprint density at radius 1 is 1.33 bits per heavy atom. The number of aromatic nitrogens is 1. The van der Waals surface area contributed by atoms with E-state index < -0.39 is 0 Å². The maximum Gasteiger partial charge on any atom is 0.338 e. The highest BCUT2D eigenvalue weighted by Crippen LogP contribution is 2.24. The van der Waals surface area contributed by atoms with Gasteiger partial charge in [0.15, 0.2) is 0 Å². The molecule has 0 spiro atoms. The Bertz CT molecular complexity index is 627. The fraction of sp³-hybridized carbons (Fsp3) is 0.250. The van der Waals surface area contributed by atoms with Crippen molar-refractivity contribution in [3.63, 3.8) is 0 Å². The minimum Gasteiger partial charge on any atom is -0.462 e. The van der Waals surface area contributed by atoms with E-state index in [0.717, 1.165) is 21.4 Å². The average molecular weight is 349 g/mol. The Hall–Kier alpha value is -1.88. The summed E-state index contributed by atoms with van der Waals surface area (Å²) < 4.78 is 5.80. The third kappa shape index (κ3) is 4.29. The largest absolute Gasteiger partial charge is 0.462 e. The molecule has 1 aromatic heterocycles. The van der Waals surface area contributed by atoms with Gasteiger partial charge >= 0.3 is 5.97 Å². The Balaban J connectivity index is 2.04. The Morgan fingerprint density at radius 3 is 2.76 bits per heavy atom. The molecule has 0 amide bonds. The summed E-state index contributed by atoms with van der Waals surface area (Å²) in [6, 6.07) is 9.39. The third-order valence-corrected chi connectivity index (χ3v) is 3.59. The van der Waals surface area contributed by atoms with Gasteiger partial charge in [0.05, 0.1) is 12.2 Å². The predicted molar refractivity (Wildman–Crippen MR) is 86.4 cm³/mol. The van der Waals surface area contributed by atoms with Crippen LogP contribution < -0.4 is 5.32 Å². The Kier molecular flexibility index (Phi) is 5.33. The van der Waals surface area contributed by atoms with Gasteiger partial charge in [-0.1, -0.05) is 6.07 Å². The number of anilines is 1. The van der Waals surface area contributed by atoms with Gasteiger partial charge in [-0.2, -0.15) is 0 Å². The van der Waals surface area contributed by atoms with E-state index in [1.54, 1.807) is 19.1 Å². The molecule has 1 heterocycles. The van der Waals surface area contributed by atoms with Crippen LogP contribution in [0.5, 0.6) is 0 Å². The van der Waals surface area contributed by atoms with Crippen LogP contribution in [-0.4, -0.2) is 17.6 Å². The second-order valence-electron chi connectivity index (χ2n) is 4.58. The molecule has 0 aliphatic rings. The van der Waals surface area contributed by atoms with Crippen molar-refractivity contribution in [2.45, 2.75) is 20.4 Å². The van der Waals surface area contributed by atoms with Gasteiger partial charge < -0.3 is 10.1 Å². The van der Waals surface area contributed by atoms with Crippen LogP contribution in [0.3, 0.4) is 0 Å². The van der Waals surface area contributed by atoms with Crippen LogP contribution in [0.25, 0.3) is 0 Å². The fourth-order valence-electron chi connectivity index (χ4n) is 1.80. The summed E-state index contributed by atoms with van der Waals surface area (Å²) in [5.74, 6) is -0.313. The normalized spacial score (nSPS) is 10.2. The Morgan fingerprint density at radius 2 is 2.14 bits per heavy atom. The molecular formula is C16H17BrN2O2. The molecule has 1 N–H and O–H groups in total. The van der Waals surface area contributed by atoms with Gasteiger partial charge in [-0.3, -0.25) is 4.98 Å². The van der Waals surface area contributed by atoms with Gasteiger partial charge in [-0.05, 0) is 59.6 Å². The number of carbonyl (C=O) groups excluding carboxylic acids is 1. The highest BCUT2D eigenvalue weighted by Gasteiger charge is 2.09. The molecule has 21 heavy (non-hydrogen) atoms. The van der Waals surface area contributed by atoms with E-state index in [9.17, 15) is 4.79 Å². The van der Waals surface area contributed by atoms with Crippen molar-refractivity contribution in [3.05, 3.63) is 57.8 Å². The number of carbonyl (C=O) groups is 1. The van der Waals surface area contributed by atoms with Crippen molar-refractivity contribution >= 4 is 27.6 Å². The quantitative estimate of drug-likeness (QED) is 0.831. The maximum atomic E-state index is 11.6. The smallest absolute Gasteiger partial charge is 0.338 e. The van der Waals surface area contributed by atoms with Gasteiger partial charge in [0, 0.05) is 28.6 Å². The van der Waals surface area contributed by atoms with Crippen LogP contribution in [0.2, 0.25) is 0 Å². The monoisotopic (exact) mass is 348 g/mol. The lowest BCUT2D eigenvalue weighted by molar-refractivity contribution is 0.0526. The number of pyridine rings is 1. The van der Waals surface area contributed by atoms with Crippen molar-refractivity contribution in [3.8, 4) is 0 Å². The van der Waals surface area contributed by atoms with Crippen molar-refractivity contribution in [2.24, 2.45) is 0 Å². The molecule has 110 valence electrons. The van der Waals surface area contributed by atoms with Gasteiger partial charge in [-0.25, -0.2) is 4.79 Å². The van der Waals surface area contributed by atoms with E-state index in [1.165, 1.54) is 0 Å². The minimum atomic E-state index is -0.313. The molecule has 0 atom stereocenters. The predicted octanol–water partition coefficient (Wildman–Crippen LogP) is 3.94. The number of hydrogen-bond acceptors (Lipinski definition) is 4. The number of nitrogens with one attached hydrogen (secondary N) is 1. The van der Waals surface area contributed by atoms with E-state index in [2.05, 4.69) is 26.2 Å². The summed E-state index contributed by atoms with van der Waals surface area (Å²) in [7, 11) is 0. The molecule has 0 aliphatic carbocycles. The first kappa shape index (κ1) is 15.5. The zero-order valence-corrected chi connectivity index (χ0v) is 13.6. The molecule has 0 unspecified atom stereocenters. The topological polar surface area (TPSA) is 51.2 Å². The number of nitrogens with zero attached hydrogens (tertiary/aromatic N) is 1. The summed E-state index contributed by atoms with van der Waals surface area (Å²) >= 11 is 3.47. The van der Waals surface area contributed by atoms with Crippen LogP contribution in [0.1, 0.15) is 28.5 Å². The Labute approximate surface area is 132 Å². The molecule has 4 nitrogen and oxygen atoms in total. The highest BCUT2D eigenvalue weighted by atomic mass is 79.9. The summed E-state index contributed by atoms with van der Waals surface area (Å²) in [5.41, 5.74) is 3.55. The summed E-state index contributed by atoms with van der Waals surface area (Å²) in [6.07, 6.45) is 1.85. The molecule has 5 heteroatoms. The van der Waals surface area contributed by atoms with Gasteiger partial charge in [0.2, 0.25) is 0 Å². The molecule has 0 fully saturated rings. The van der Waals surface area contributed by atoms with Crippen molar-refractivity contribution in [2.75, 3.05) is 11.9 Å². The van der Waals surface area contributed by atoms with E-state index in [1.807, 2.05) is 31.3 Å². The molecule has 0 saturated carbocycles. The molecule has 2 aromatic rings. The zero-order chi connectivity index (χ0) is 15.2. The lowest BCUT2D eigenvalue weighted by Crippen LogP contribution is -2.06. The van der Waals surface area contributed by atoms with E-state index in [-0.39, 0.29) is 5.97 Å². The van der Waals surface area contributed by atoms with E-state index in [4.69, 9.17) is 4.74 Å². The number of hydrogen-bond donors (Lipinski definition) is 1. The van der Waals surface area contributed by atoms with Crippen molar-refractivity contribution in [1.29, 1.82) is 0 Å². The number of rotatable bonds is 5. The SMILES string of the molecule is CCOC(=O)c1ccc(NCc2ccc(C)nc2)c(Br)c1. The van der Waals surface area contributed by atoms with Crippen LogP contribution in [0.15, 0.2) is 41.0 Å². The van der Waals surface area contributed by atoms with Crippen LogP contribution in [-0.2, 0) is 11.3 Å². The molecular weight excluding hydrogens is 332 g/mol. The van der Waals surface area contributed by atoms with Gasteiger partial charge in [0.1, 0.15) is 0 Å². The number of aryl methyl sites for hydroxylation is 1. The fourth-order valence-corrected chi connectivity index (χ4v) is 2.32. The highest BCUT2D eigenvalue weighted by molar-refractivity contribution is 9.10. The standard InChI is InChI=1S/C16H17BrN2O2/c1-3-21-16(20)13-6-7-15(14(17)8-13)19-10-12-5-4-11(2)18-9-12/h4-9,19H,3,10H2,1-2H3. The lowest BCUT2D eigenvalue weighted by atomic mass is 10.2. The molecule has 0 saturated heterocycles. The van der Waals surface area contributed by atoms with Crippen molar-refractivity contribution < 1.29 is 9.53 Å². The first-order valence-electron chi connectivity index (χ1n) is 6.72. The zero-order valence-electron chi connectivity index (χ0n) is 12.0. The van der Waals surface area contributed by atoms with Gasteiger partial charge in [-0.15, -0.1) is 0 Å². The molecule has 1 aromatic carbocycles. The summed E-state index contributed by atoms with van der Waals surface area (Å²) in [4.78, 5) is 15.9. The number of benzene rings is 1. The number of halogens is 1. The van der Waals surface area contributed by atoms with Gasteiger partial charge in [0.25, 0.3) is 0 Å². The second-order valence-corrected chi connectivity index (χ2v) is 5.43. The number of ether oxygens (including phenoxy) is 1. The summed E-state index contributed by atoms with van der Waals surface area (Å²) in [6.45, 7) is 4.79. The van der Waals surface area contributed by atoms with Crippen LogP contribution in [0, 0.1) is 6.92 Å². The molecule has 0 bridgehead atoms.